The number of amides is 2. The molecule has 2 rings (SSSR count). The van der Waals surface area contributed by atoms with Gasteiger partial charge in [-0.1, -0.05) is 29.8 Å². The Bertz CT molecular complexity index is 941. The normalized spacial score (nSPS) is 11.7. The monoisotopic (exact) mass is 430 g/mol. The summed E-state index contributed by atoms with van der Waals surface area (Å²) in [6.07, 6.45) is 3.28. The number of benzene rings is 1. The van der Waals surface area contributed by atoms with Crippen LogP contribution in [0.3, 0.4) is 0 Å². The number of aromatic nitrogens is 2. The first-order chi connectivity index (χ1) is 14.0. The van der Waals surface area contributed by atoms with Crippen molar-refractivity contribution in [1.82, 2.24) is 20.0 Å². The number of carbonyl (C=O) groups excluding carboxylic acids is 2. The molecule has 0 aliphatic heterocycles. The molecule has 0 bridgehead atoms. The number of halogens is 1. The first-order valence-corrected chi connectivity index (χ1v) is 10.4. The molecule has 0 fully saturated rings. The highest BCUT2D eigenvalue weighted by Gasteiger charge is 2.18. The topological polar surface area (TPSA) is 67.2 Å². The fraction of sp³-hybridized carbons (Fsp3) is 0.435. The number of nitrogens with one attached hydrogen (secondary N) is 1. The van der Waals surface area contributed by atoms with Crippen LogP contribution in [0.2, 0.25) is 5.02 Å². The molecule has 30 heavy (non-hydrogen) atoms. The third-order valence-electron chi connectivity index (χ3n) is 4.65. The maximum Gasteiger partial charge on any atom is 0.247 e. The molecule has 0 saturated heterocycles. The lowest BCUT2D eigenvalue weighted by molar-refractivity contribution is -0.132. The molecule has 0 atom stereocenters. The highest BCUT2D eigenvalue weighted by atomic mass is 35.5. The summed E-state index contributed by atoms with van der Waals surface area (Å²) >= 11 is 6.27. The van der Waals surface area contributed by atoms with Crippen LogP contribution in [0, 0.1) is 13.8 Å². The molecule has 1 aromatic heterocycles. The van der Waals surface area contributed by atoms with E-state index in [0.717, 1.165) is 22.5 Å². The van der Waals surface area contributed by atoms with Gasteiger partial charge in [-0.3, -0.25) is 14.3 Å². The van der Waals surface area contributed by atoms with Crippen molar-refractivity contribution in [2.24, 2.45) is 0 Å². The summed E-state index contributed by atoms with van der Waals surface area (Å²) in [4.78, 5) is 26.3. The van der Waals surface area contributed by atoms with Crippen molar-refractivity contribution in [2.45, 2.75) is 53.6 Å². The lowest BCUT2D eigenvalue weighted by Gasteiger charge is -2.24. The quantitative estimate of drug-likeness (QED) is 0.675. The number of nitrogens with zero attached hydrogens (tertiary/aromatic N) is 3. The zero-order valence-corrected chi connectivity index (χ0v) is 19.4. The number of hydrogen-bond donors (Lipinski definition) is 1. The Labute approximate surface area is 183 Å². The van der Waals surface area contributed by atoms with Gasteiger partial charge in [0.1, 0.15) is 0 Å². The summed E-state index contributed by atoms with van der Waals surface area (Å²) in [6.45, 7) is 12.5. The first-order valence-electron chi connectivity index (χ1n) is 10.1. The molecule has 0 aliphatic carbocycles. The van der Waals surface area contributed by atoms with Gasteiger partial charge in [0.25, 0.3) is 0 Å². The SMILES string of the molecule is CCN(CC(=O)NC(C)(C)C)C(=O)/C=C/c1c(C)nn(Cc2ccccc2Cl)c1C. The first kappa shape index (κ1) is 23.7. The van der Waals surface area contributed by atoms with Gasteiger partial charge in [0, 0.05) is 34.4 Å². The second kappa shape index (κ2) is 9.94. The smallest absolute Gasteiger partial charge is 0.247 e. The molecule has 2 amide bonds. The Kier molecular flexibility index (Phi) is 7.84. The van der Waals surface area contributed by atoms with Gasteiger partial charge in [-0.2, -0.15) is 5.10 Å². The number of aryl methyl sites for hydroxylation is 1. The van der Waals surface area contributed by atoms with Crippen molar-refractivity contribution < 1.29 is 9.59 Å². The number of carbonyl (C=O) groups is 2. The van der Waals surface area contributed by atoms with E-state index in [-0.39, 0.29) is 23.9 Å². The second-order valence-corrected chi connectivity index (χ2v) is 8.72. The molecule has 0 saturated carbocycles. The minimum Gasteiger partial charge on any atom is -0.350 e. The third kappa shape index (κ3) is 6.46. The zero-order valence-electron chi connectivity index (χ0n) is 18.6. The Morgan fingerprint density at radius 2 is 1.90 bits per heavy atom. The highest BCUT2D eigenvalue weighted by molar-refractivity contribution is 6.31. The maximum atomic E-state index is 12.6. The van der Waals surface area contributed by atoms with Crippen LogP contribution in [0.1, 0.15) is 50.2 Å². The number of rotatable bonds is 7. The lowest BCUT2D eigenvalue weighted by Crippen LogP contribution is -2.47. The Morgan fingerprint density at radius 3 is 2.50 bits per heavy atom. The van der Waals surface area contributed by atoms with Crippen molar-refractivity contribution in [3.05, 3.63) is 57.9 Å². The van der Waals surface area contributed by atoms with Crippen molar-refractivity contribution in [2.75, 3.05) is 13.1 Å². The molecular formula is C23H31ClN4O2. The third-order valence-corrected chi connectivity index (χ3v) is 5.02. The molecule has 0 unspecified atom stereocenters. The van der Waals surface area contributed by atoms with Gasteiger partial charge in [-0.05, 0) is 59.2 Å². The molecule has 1 aromatic carbocycles. The number of likely N-dealkylation sites (N-methyl/N-ethyl adjacent to an activating group) is 1. The molecule has 1 N–H and O–H groups in total. The van der Waals surface area contributed by atoms with Gasteiger partial charge in [-0.15, -0.1) is 0 Å². The molecule has 6 nitrogen and oxygen atoms in total. The largest absolute Gasteiger partial charge is 0.350 e. The summed E-state index contributed by atoms with van der Waals surface area (Å²) in [5.41, 5.74) is 3.32. The summed E-state index contributed by atoms with van der Waals surface area (Å²) in [7, 11) is 0. The van der Waals surface area contributed by atoms with Gasteiger partial charge < -0.3 is 10.2 Å². The zero-order chi connectivity index (χ0) is 22.5. The molecule has 162 valence electrons. The fourth-order valence-electron chi connectivity index (χ4n) is 3.13. The van der Waals surface area contributed by atoms with E-state index in [1.807, 2.05) is 70.5 Å². The fourth-order valence-corrected chi connectivity index (χ4v) is 3.33. The van der Waals surface area contributed by atoms with Gasteiger partial charge in [-0.25, -0.2) is 0 Å². The van der Waals surface area contributed by atoms with Crippen LogP contribution in [0.15, 0.2) is 30.3 Å². The molecule has 0 spiro atoms. The Morgan fingerprint density at radius 1 is 1.23 bits per heavy atom. The molecule has 7 heteroatoms. The minimum absolute atomic E-state index is 0.0284. The van der Waals surface area contributed by atoms with Crippen LogP contribution in [0.25, 0.3) is 6.08 Å². The lowest BCUT2D eigenvalue weighted by atomic mass is 10.1. The predicted octanol–water partition coefficient (Wildman–Crippen LogP) is 3.98. The van der Waals surface area contributed by atoms with Crippen LogP contribution >= 0.6 is 11.6 Å². The van der Waals surface area contributed by atoms with Crippen molar-refractivity contribution >= 4 is 29.5 Å². The van der Waals surface area contributed by atoms with Crippen LogP contribution in [0.5, 0.6) is 0 Å². The maximum absolute atomic E-state index is 12.6. The molecular weight excluding hydrogens is 400 g/mol. The van der Waals surface area contributed by atoms with E-state index < -0.39 is 0 Å². The molecule has 1 heterocycles. The standard InChI is InChI=1S/C23H31ClN4O2/c1-7-27(15-21(29)25-23(4,5)6)22(30)13-12-19-16(2)26-28(17(19)3)14-18-10-8-9-11-20(18)24/h8-13H,7,14-15H2,1-6H3,(H,25,29)/b13-12+. The van der Waals surface area contributed by atoms with E-state index >= 15 is 0 Å². The minimum atomic E-state index is -0.333. The predicted molar refractivity (Wildman–Crippen MR) is 121 cm³/mol. The highest BCUT2D eigenvalue weighted by Crippen LogP contribution is 2.20. The van der Waals surface area contributed by atoms with Crippen LogP contribution in [-0.2, 0) is 16.1 Å². The van der Waals surface area contributed by atoms with Gasteiger partial charge >= 0.3 is 0 Å². The Hall–Kier alpha value is -2.60. The van der Waals surface area contributed by atoms with E-state index in [9.17, 15) is 9.59 Å². The van der Waals surface area contributed by atoms with E-state index in [0.29, 0.717) is 18.1 Å². The van der Waals surface area contributed by atoms with Crippen molar-refractivity contribution in [1.29, 1.82) is 0 Å². The second-order valence-electron chi connectivity index (χ2n) is 8.32. The van der Waals surface area contributed by atoms with Crippen molar-refractivity contribution in [3.63, 3.8) is 0 Å². The average molecular weight is 431 g/mol. The van der Waals surface area contributed by atoms with Crippen molar-refractivity contribution in [3.8, 4) is 0 Å². The van der Waals surface area contributed by atoms with Crippen LogP contribution in [-0.4, -0.2) is 45.1 Å². The van der Waals surface area contributed by atoms with E-state index in [1.165, 1.54) is 11.0 Å². The van der Waals surface area contributed by atoms with Gasteiger partial charge in [0.15, 0.2) is 0 Å². The molecule has 2 aromatic rings. The summed E-state index contributed by atoms with van der Waals surface area (Å²) in [6, 6.07) is 7.67. The van der Waals surface area contributed by atoms with Gasteiger partial charge in [0.05, 0.1) is 18.8 Å². The van der Waals surface area contributed by atoms with Crippen LogP contribution in [0.4, 0.5) is 0 Å². The van der Waals surface area contributed by atoms with E-state index in [2.05, 4.69) is 10.4 Å². The van der Waals surface area contributed by atoms with Gasteiger partial charge in [0.2, 0.25) is 11.8 Å². The van der Waals surface area contributed by atoms with Crippen LogP contribution < -0.4 is 5.32 Å². The van der Waals surface area contributed by atoms with E-state index in [4.69, 9.17) is 11.6 Å². The average Bonchev–Trinajstić information content (AvgIpc) is 2.91. The summed E-state index contributed by atoms with van der Waals surface area (Å²) in [5, 5.41) is 8.18. The molecule has 0 radical (unpaired) electrons. The Balaban J connectivity index is 2.13. The summed E-state index contributed by atoms with van der Waals surface area (Å²) in [5.74, 6) is -0.384. The van der Waals surface area contributed by atoms with E-state index in [1.54, 1.807) is 6.08 Å². The summed E-state index contributed by atoms with van der Waals surface area (Å²) < 4.78 is 1.88. The number of hydrogen-bond acceptors (Lipinski definition) is 3. The molecule has 0 aliphatic rings.